The van der Waals surface area contributed by atoms with Crippen molar-refractivity contribution < 1.29 is 18.7 Å². The van der Waals surface area contributed by atoms with E-state index in [-0.39, 0.29) is 11.7 Å². The number of esters is 1. The van der Waals surface area contributed by atoms with E-state index in [2.05, 4.69) is 20.5 Å². The maximum atomic E-state index is 12.2. The monoisotopic (exact) mass is 486 g/mol. The minimum absolute atomic E-state index is 0.117. The summed E-state index contributed by atoms with van der Waals surface area (Å²) in [5.41, 5.74) is 1.99. The number of benzene rings is 2. The molecule has 32 heavy (non-hydrogen) atoms. The van der Waals surface area contributed by atoms with Crippen molar-refractivity contribution in [1.29, 1.82) is 0 Å². The average Bonchev–Trinajstić information content (AvgIpc) is 3.43. The topological polar surface area (TPSA) is 107 Å². The van der Waals surface area contributed by atoms with E-state index in [4.69, 9.17) is 9.15 Å². The van der Waals surface area contributed by atoms with E-state index in [1.165, 1.54) is 11.8 Å². The minimum Gasteiger partial charge on any atom is -0.462 e. The molecule has 0 aliphatic rings. The SMILES string of the molecule is CCOC(=O)c1ccc(NC(=O)CSc2nnc(CSc3nc4ccccc4s3)o2)cc1. The van der Waals surface area contributed by atoms with Crippen LogP contribution in [0.1, 0.15) is 23.2 Å². The van der Waals surface area contributed by atoms with E-state index in [0.29, 0.717) is 34.7 Å². The lowest BCUT2D eigenvalue weighted by Crippen LogP contribution is -2.14. The smallest absolute Gasteiger partial charge is 0.338 e. The highest BCUT2D eigenvalue weighted by Crippen LogP contribution is 2.31. The summed E-state index contributed by atoms with van der Waals surface area (Å²) < 4.78 is 12.6. The number of para-hydroxylation sites is 1. The third-order valence-corrected chi connectivity index (χ3v) is 7.03. The van der Waals surface area contributed by atoms with E-state index in [9.17, 15) is 9.59 Å². The first-order valence-electron chi connectivity index (χ1n) is 9.61. The third-order valence-electron chi connectivity index (χ3n) is 4.05. The number of rotatable bonds is 9. The van der Waals surface area contributed by atoms with Crippen LogP contribution in [0.3, 0.4) is 0 Å². The van der Waals surface area contributed by atoms with Gasteiger partial charge in [-0.15, -0.1) is 21.5 Å². The van der Waals surface area contributed by atoms with Crippen molar-refractivity contribution in [3.8, 4) is 0 Å². The fourth-order valence-corrected chi connectivity index (χ4v) is 5.11. The van der Waals surface area contributed by atoms with Crippen LogP contribution in [0.4, 0.5) is 5.69 Å². The number of fused-ring (bicyclic) bond motifs is 1. The zero-order valence-corrected chi connectivity index (χ0v) is 19.4. The summed E-state index contributed by atoms with van der Waals surface area (Å²) in [6.07, 6.45) is 0. The molecule has 2 heterocycles. The molecule has 0 saturated carbocycles. The summed E-state index contributed by atoms with van der Waals surface area (Å²) >= 11 is 4.32. The summed E-state index contributed by atoms with van der Waals surface area (Å²) in [4.78, 5) is 28.4. The standard InChI is InChI=1S/C21H18N4O4S3/c1-2-28-19(27)13-7-9-14(10-8-13)22-17(26)11-30-20-25-24-18(29-20)12-31-21-23-15-5-3-4-6-16(15)32-21/h3-10H,2,11-12H2,1H3,(H,22,26). The molecule has 0 bridgehead atoms. The van der Waals surface area contributed by atoms with Crippen molar-refractivity contribution in [3.05, 3.63) is 60.0 Å². The van der Waals surface area contributed by atoms with Crippen LogP contribution >= 0.6 is 34.9 Å². The first-order chi connectivity index (χ1) is 15.6. The Morgan fingerprint density at radius 1 is 1.09 bits per heavy atom. The normalized spacial score (nSPS) is 10.9. The molecule has 0 aliphatic carbocycles. The number of hydrogen-bond acceptors (Lipinski definition) is 10. The molecular weight excluding hydrogens is 468 g/mol. The second-order valence-electron chi connectivity index (χ2n) is 6.33. The highest BCUT2D eigenvalue weighted by atomic mass is 32.2. The first-order valence-corrected chi connectivity index (χ1v) is 12.4. The molecule has 0 aliphatic heterocycles. The van der Waals surface area contributed by atoms with Gasteiger partial charge >= 0.3 is 5.97 Å². The van der Waals surface area contributed by atoms with Gasteiger partial charge < -0.3 is 14.5 Å². The van der Waals surface area contributed by atoms with E-state index in [1.807, 2.05) is 24.3 Å². The number of ether oxygens (including phenoxy) is 1. The number of aromatic nitrogens is 3. The van der Waals surface area contributed by atoms with Gasteiger partial charge in [-0.1, -0.05) is 35.7 Å². The highest BCUT2D eigenvalue weighted by Gasteiger charge is 2.12. The third kappa shape index (κ3) is 5.87. The summed E-state index contributed by atoms with van der Waals surface area (Å²) in [6, 6.07) is 14.5. The molecule has 4 aromatic rings. The van der Waals surface area contributed by atoms with Crippen molar-refractivity contribution in [2.75, 3.05) is 17.7 Å². The molecule has 0 saturated heterocycles. The van der Waals surface area contributed by atoms with Gasteiger partial charge in [-0.2, -0.15) is 0 Å². The Morgan fingerprint density at radius 2 is 1.91 bits per heavy atom. The van der Waals surface area contributed by atoms with E-state index < -0.39 is 5.97 Å². The predicted octanol–water partition coefficient (Wildman–Crippen LogP) is 4.88. The Balaban J connectivity index is 1.23. The summed E-state index contributed by atoms with van der Waals surface area (Å²) in [5, 5.41) is 11.1. The van der Waals surface area contributed by atoms with Crippen LogP contribution in [0.25, 0.3) is 10.2 Å². The zero-order valence-electron chi connectivity index (χ0n) is 16.9. The molecule has 164 valence electrons. The number of nitrogens with one attached hydrogen (secondary N) is 1. The lowest BCUT2D eigenvalue weighted by Gasteiger charge is -2.05. The second kappa shape index (κ2) is 10.6. The fourth-order valence-electron chi connectivity index (χ4n) is 2.62. The Morgan fingerprint density at radius 3 is 2.69 bits per heavy atom. The zero-order chi connectivity index (χ0) is 22.3. The van der Waals surface area contributed by atoms with Gasteiger partial charge in [0, 0.05) is 5.69 Å². The van der Waals surface area contributed by atoms with Crippen molar-refractivity contribution in [3.63, 3.8) is 0 Å². The van der Waals surface area contributed by atoms with E-state index >= 15 is 0 Å². The number of hydrogen-bond donors (Lipinski definition) is 1. The van der Waals surface area contributed by atoms with Gasteiger partial charge in [-0.05, 0) is 43.3 Å². The lowest BCUT2D eigenvalue weighted by atomic mass is 10.2. The fraction of sp³-hybridized carbons (Fsp3) is 0.190. The van der Waals surface area contributed by atoms with Crippen LogP contribution in [0, 0.1) is 0 Å². The number of amides is 1. The maximum Gasteiger partial charge on any atom is 0.338 e. The molecule has 11 heteroatoms. The minimum atomic E-state index is -0.394. The molecule has 1 amide bonds. The molecule has 0 fully saturated rings. The van der Waals surface area contributed by atoms with Gasteiger partial charge in [0.2, 0.25) is 11.8 Å². The summed E-state index contributed by atoms with van der Waals surface area (Å²) in [7, 11) is 0. The van der Waals surface area contributed by atoms with Gasteiger partial charge in [0.1, 0.15) is 0 Å². The van der Waals surface area contributed by atoms with Crippen molar-refractivity contribution >= 4 is 62.6 Å². The Kier molecular flexibility index (Phi) is 7.40. The predicted molar refractivity (Wildman–Crippen MR) is 125 cm³/mol. The lowest BCUT2D eigenvalue weighted by molar-refractivity contribution is -0.113. The number of nitrogens with zero attached hydrogens (tertiary/aromatic N) is 3. The van der Waals surface area contributed by atoms with Crippen LogP contribution in [0.15, 0.2) is 62.5 Å². The van der Waals surface area contributed by atoms with E-state index in [1.54, 1.807) is 42.5 Å². The molecule has 8 nitrogen and oxygen atoms in total. The summed E-state index contributed by atoms with van der Waals surface area (Å²) in [5.74, 6) is 0.488. The molecule has 1 N–H and O–H groups in total. The number of carbonyl (C=O) groups is 2. The molecule has 0 radical (unpaired) electrons. The molecule has 0 unspecified atom stereocenters. The maximum absolute atomic E-state index is 12.2. The van der Waals surface area contributed by atoms with Crippen molar-refractivity contribution in [2.45, 2.75) is 22.2 Å². The van der Waals surface area contributed by atoms with Crippen molar-refractivity contribution in [2.24, 2.45) is 0 Å². The first kappa shape index (κ1) is 22.3. The molecule has 0 atom stereocenters. The number of carbonyl (C=O) groups excluding carboxylic acids is 2. The summed E-state index contributed by atoms with van der Waals surface area (Å²) in [6.45, 7) is 2.06. The molecular formula is C21H18N4O4S3. The van der Waals surface area contributed by atoms with Gasteiger partial charge in [-0.3, -0.25) is 4.79 Å². The Labute approximate surface area is 196 Å². The quantitative estimate of drug-likeness (QED) is 0.262. The van der Waals surface area contributed by atoms with Gasteiger partial charge in [-0.25, -0.2) is 9.78 Å². The molecule has 2 aromatic carbocycles. The number of thiazole rings is 1. The van der Waals surface area contributed by atoms with Crippen LogP contribution < -0.4 is 5.32 Å². The van der Waals surface area contributed by atoms with Gasteiger partial charge in [0.25, 0.3) is 5.22 Å². The Bertz CT molecular complexity index is 1190. The largest absolute Gasteiger partial charge is 0.462 e. The van der Waals surface area contributed by atoms with Crippen molar-refractivity contribution in [1.82, 2.24) is 15.2 Å². The number of anilines is 1. The average molecular weight is 487 g/mol. The molecule has 2 aromatic heterocycles. The van der Waals surface area contributed by atoms with Gasteiger partial charge in [0.15, 0.2) is 4.34 Å². The molecule has 0 spiro atoms. The van der Waals surface area contributed by atoms with Gasteiger partial charge in [0.05, 0.1) is 33.9 Å². The van der Waals surface area contributed by atoms with Crippen LogP contribution in [0.2, 0.25) is 0 Å². The van der Waals surface area contributed by atoms with Crippen LogP contribution in [-0.2, 0) is 15.3 Å². The second-order valence-corrected chi connectivity index (χ2v) is 9.51. The van der Waals surface area contributed by atoms with Crippen LogP contribution in [0.5, 0.6) is 0 Å². The number of thioether (sulfide) groups is 2. The Hall–Kier alpha value is -2.89. The van der Waals surface area contributed by atoms with Crippen LogP contribution in [-0.4, -0.2) is 39.4 Å². The van der Waals surface area contributed by atoms with E-state index in [0.717, 1.165) is 26.3 Å². The highest BCUT2D eigenvalue weighted by molar-refractivity contribution is 8.00. The molecule has 4 rings (SSSR count).